The van der Waals surface area contributed by atoms with Crippen LogP contribution in [0.4, 0.5) is 10.1 Å². The maximum atomic E-state index is 15.1. The van der Waals surface area contributed by atoms with Gasteiger partial charge in [0.15, 0.2) is 0 Å². The van der Waals surface area contributed by atoms with Crippen molar-refractivity contribution in [3.8, 4) is 0 Å². The lowest BCUT2D eigenvalue weighted by Gasteiger charge is -2.35. The molecule has 0 aromatic heterocycles. The third-order valence-electron chi connectivity index (χ3n) is 7.32. The summed E-state index contributed by atoms with van der Waals surface area (Å²) in [5.74, 6) is -1.61. The number of carbonyl (C=O) groups is 2. The zero-order valence-electron chi connectivity index (χ0n) is 26.1. The third kappa shape index (κ3) is 8.57. The lowest BCUT2D eigenvalue weighted by molar-refractivity contribution is -0.140. The summed E-state index contributed by atoms with van der Waals surface area (Å²) in [5.41, 5.74) is 1.47. The lowest BCUT2D eigenvalue weighted by atomic mass is 10.0. The van der Waals surface area contributed by atoms with Gasteiger partial charge in [0.1, 0.15) is 18.4 Å². The van der Waals surface area contributed by atoms with Crippen LogP contribution in [0.1, 0.15) is 44.4 Å². The minimum Gasteiger partial charge on any atom is -0.350 e. The van der Waals surface area contributed by atoms with Gasteiger partial charge in [-0.1, -0.05) is 91.9 Å². The minimum absolute atomic E-state index is 0.0238. The average molecular weight is 630 g/mol. The molecule has 0 bridgehead atoms. The molecule has 4 aromatic rings. The number of rotatable bonds is 12. The largest absolute Gasteiger partial charge is 0.350 e. The van der Waals surface area contributed by atoms with Crippen molar-refractivity contribution in [2.24, 2.45) is 0 Å². The first-order valence-corrected chi connectivity index (χ1v) is 16.4. The van der Waals surface area contributed by atoms with Crippen LogP contribution in [0, 0.1) is 5.82 Å². The molecule has 0 aliphatic rings. The molecule has 0 heterocycles. The van der Waals surface area contributed by atoms with E-state index in [2.05, 4.69) is 5.32 Å². The van der Waals surface area contributed by atoms with Crippen molar-refractivity contribution < 1.29 is 22.4 Å². The first kappa shape index (κ1) is 33.4. The third-order valence-corrected chi connectivity index (χ3v) is 9.09. The normalized spacial score (nSPS) is 12.3. The Labute approximate surface area is 265 Å². The quantitative estimate of drug-likeness (QED) is 0.204. The molecule has 1 N–H and O–H groups in total. The Hall–Kier alpha value is -4.50. The molecule has 4 aromatic carbocycles. The number of para-hydroxylation sites is 1. The van der Waals surface area contributed by atoms with Crippen LogP contribution in [-0.2, 0) is 39.0 Å². The number of nitrogens with one attached hydrogen (secondary N) is 1. The maximum Gasteiger partial charge on any atom is 0.264 e. The Morgan fingerprint density at radius 1 is 0.800 bits per heavy atom. The van der Waals surface area contributed by atoms with E-state index < -0.39 is 45.8 Å². The van der Waals surface area contributed by atoms with Crippen LogP contribution in [0.15, 0.2) is 114 Å². The van der Waals surface area contributed by atoms with Crippen molar-refractivity contribution in [2.75, 3.05) is 10.8 Å². The van der Waals surface area contributed by atoms with Gasteiger partial charge in [0.2, 0.25) is 11.8 Å². The smallest absolute Gasteiger partial charge is 0.264 e. The van der Waals surface area contributed by atoms with Gasteiger partial charge in [-0.3, -0.25) is 13.9 Å². The molecule has 0 aliphatic heterocycles. The van der Waals surface area contributed by atoms with Gasteiger partial charge in [-0.15, -0.1) is 0 Å². The Morgan fingerprint density at radius 3 is 1.96 bits per heavy atom. The fraction of sp³-hybridized carbons (Fsp3) is 0.278. The van der Waals surface area contributed by atoms with E-state index in [0.717, 1.165) is 15.4 Å². The summed E-state index contributed by atoms with van der Waals surface area (Å²) in [4.78, 5) is 29.8. The van der Waals surface area contributed by atoms with Crippen LogP contribution in [0.2, 0.25) is 0 Å². The lowest BCUT2D eigenvalue weighted by Crippen LogP contribution is -2.56. The summed E-state index contributed by atoms with van der Waals surface area (Å²) in [6.07, 6.45) is 0.661. The van der Waals surface area contributed by atoms with Gasteiger partial charge in [-0.2, -0.15) is 0 Å². The number of amides is 2. The molecule has 236 valence electrons. The van der Waals surface area contributed by atoms with E-state index in [0.29, 0.717) is 12.1 Å². The SMILES string of the molecule is CCc1ccccc1N(CC(=O)N(Cc1ccccc1F)[C@H](Cc1ccccc1)C(=O)NC(C)(C)C)S(=O)(=O)c1ccccc1. The second-order valence-corrected chi connectivity index (χ2v) is 13.7. The number of hydrogen-bond acceptors (Lipinski definition) is 4. The minimum atomic E-state index is -4.22. The number of hydrogen-bond donors (Lipinski definition) is 1. The Balaban J connectivity index is 1.85. The van der Waals surface area contributed by atoms with Crippen LogP contribution in [-0.4, -0.2) is 43.3 Å². The predicted octanol–water partition coefficient (Wildman–Crippen LogP) is 6.14. The number of benzene rings is 4. The molecule has 0 unspecified atom stereocenters. The van der Waals surface area contributed by atoms with E-state index >= 15 is 4.39 Å². The second kappa shape index (κ2) is 14.5. The summed E-state index contributed by atoms with van der Waals surface area (Å²) in [6, 6.07) is 29.2. The molecule has 0 saturated carbocycles. The monoisotopic (exact) mass is 629 g/mol. The van der Waals surface area contributed by atoms with Crippen molar-refractivity contribution in [3.63, 3.8) is 0 Å². The molecule has 0 radical (unpaired) electrons. The van der Waals surface area contributed by atoms with Crippen LogP contribution >= 0.6 is 0 Å². The molecule has 0 fully saturated rings. The van der Waals surface area contributed by atoms with E-state index in [-0.39, 0.29) is 23.4 Å². The first-order chi connectivity index (χ1) is 21.4. The molecule has 0 aliphatic carbocycles. The van der Waals surface area contributed by atoms with Gasteiger partial charge in [0, 0.05) is 24.1 Å². The highest BCUT2D eigenvalue weighted by Crippen LogP contribution is 2.28. The van der Waals surface area contributed by atoms with Crippen molar-refractivity contribution in [1.82, 2.24) is 10.2 Å². The highest BCUT2D eigenvalue weighted by atomic mass is 32.2. The topological polar surface area (TPSA) is 86.8 Å². The Bertz CT molecular complexity index is 1710. The van der Waals surface area contributed by atoms with E-state index in [4.69, 9.17) is 0 Å². The molecule has 0 saturated heterocycles. The number of halogens is 1. The number of anilines is 1. The van der Waals surface area contributed by atoms with Gasteiger partial charge < -0.3 is 10.2 Å². The van der Waals surface area contributed by atoms with Crippen molar-refractivity contribution in [2.45, 2.75) is 63.6 Å². The summed E-state index contributed by atoms with van der Waals surface area (Å²) in [6.45, 7) is 6.58. The number of nitrogens with zero attached hydrogens (tertiary/aromatic N) is 2. The van der Waals surface area contributed by atoms with Crippen LogP contribution in [0.3, 0.4) is 0 Å². The van der Waals surface area contributed by atoms with E-state index in [1.54, 1.807) is 48.5 Å². The van der Waals surface area contributed by atoms with Gasteiger partial charge in [-0.25, -0.2) is 12.8 Å². The average Bonchev–Trinajstić information content (AvgIpc) is 3.02. The van der Waals surface area contributed by atoms with Gasteiger partial charge in [0.25, 0.3) is 10.0 Å². The second-order valence-electron chi connectivity index (χ2n) is 11.9. The van der Waals surface area contributed by atoms with Crippen LogP contribution < -0.4 is 9.62 Å². The van der Waals surface area contributed by atoms with Crippen molar-refractivity contribution in [3.05, 3.63) is 132 Å². The van der Waals surface area contributed by atoms with E-state index in [1.807, 2.05) is 70.2 Å². The molecule has 0 spiro atoms. The Morgan fingerprint density at radius 2 is 1.36 bits per heavy atom. The number of sulfonamides is 1. The molecule has 2 amide bonds. The number of aryl methyl sites for hydroxylation is 1. The van der Waals surface area contributed by atoms with E-state index in [9.17, 15) is 18.0 Å². The van der Waals surface area contributed by atoms with Gasteiger partial charge >= 0.3 is 0 Å². The molecule has 9 heteroatoms. The predicted molar refractivity (Wildman–Crippen MR) is 176 cm³/mol. The highest BCUT2D eigenvalue weighted by Gasteiger charge is 2.36. The van der Waals surface area contributed by atoms with E-state index in [1.165, 1.54) is 23.1 Å². The zero-order chi connectivity index (χ0) is 32.6. The zero-order valence-corrected chi connectivity index (χ0v) is 26.9. The highest BCUT2D eigenvalue weighted by molar-refractivity contribution is 7.92. The fourth-order valence-electron chi connectivity index (χ4n) is 5.10. The molecule has 7 nitrogen and oxygen atoms in total. The van der Waals surface area contributed by atoms with Crippen LogP contribution in [0.25, 0.3) is 0 Å². The summed E-state index contributed by atoms with van der Waals surface area (Å²) in [7, 11) is -4.22. The molecular formula is C36H40FN3O4S. The fourth-order valence-corrected chi connectivity index (χ4v) is 6.58. The maximum absolute atomic E-state index is 15.1. The van der Waals surface area contributed by atoms with Gasteiger partial charge in [-0.05, 0) is 62.6 Å². The first-order valence-electron chi connectivity index (χ1n) is 14.9. The summed E-state index contributed by atoms with van der Waals surface area (Å²) < 4.78 is 44.5. The molecule has 4 rings (SSSR count). The Kier molecular flexibility index (Phi) is 10.8. The standard InChI is InChI=1S/C36H40FN3O4S/c1-5-28-18-13-15-23-32(28)40(45(43,44)30-20-10-7-11-21-30)26-34(41)39(25-29-19-12-14-22-31(29)37)33(35(42)38-36(2,3)4)24-27-16-8-6-9-17-27/h6-23,33H,5,24-26H2,1-4H3,(H,38,42)/t33-/m1/s1. The summed E-state index contributed by atoms with van der Waals surface area (Å²) in [5, 5.41) is 2.98. The van der Waals surface area contributed by atoms with Crippen molar-refractivity contribution >= 4 is 27.5 Å². The molecule has 45 heavy (non-hydrogen) atoms. The molecular weight excluding hydrogens is 589 g/mol. The van der Waals surface area contributed by atoms with Gasteiger partial charge in [0.05, 0.1) is 10.6 Å². The molecule has 1 atom stereocenters. The van der Waals surface area contributed by atoms with Crippen LogP contribution in [0.5, 0.6) is 0 Å². The van der Waals surface area contributed by atoms with Crippen molar-refractivity contribution in [1.29, 1.82) is 0 Å². The number of carbonyl (C=O) groups excluding carboxylic acids is 2. The summed E-state index contributed by atoms with van der Waals surface area (Å²) >= 11 is 0.